The van der Waals surface area contributed by atoms with Crippen LogP contribution in [0.15, 0.2) is 70.4 Å². The second-order valence-corrected chi connectivity index (χ2v) is 7.59. The average Bonchev–Trinajstić information content (AvgIpc) is 2.81. The smallest absolute Gasteiger partial charge is 0.332 e. The van der Waals surface area contributed by atoms with Gasteiger partial charge < -0.3 is 10.1 Å². The number of hydrogen-bond donors (Lipinski definition) is 1. The highest BCUT2D eigenvalue weighted by molar-refractivity contribution is 6.31. The highest BCUT2D eigenvalue weighted by Crippen LogP contribution is 2.27. The molecule has 0 aliphatic carbocycles. The minimum absolute atomic E-state index is 0.0346. The van der Waals surface area contributed by atoms with Crippen LogP contribution >= 0.6 is 11.6 Å². The van der Waals surface area contributed by atoms with Gasteiger partial charge in [-0.3, -0.25) is 18.7 Å². The van der Waals surface area contributed by atoms with Crippen molar-refractivity contribution in [2.45, 2.75) is 13.1 Å². The van der Waals surface area contributed by atoms with Crippen molar-refractivity contribution >= 4 is 34.2 Å². The molecule has 0 aliphatic heterocycles. The van der Waals surface area contributed by atoms with Crippen molar-refractivity contribution in [2.24, 2.45) is 0 Å². The molecule has 1 N–H and O–H groups in total. The molecule has 2 heterocycles. The van der Waals surface area contributed by atoms with Crippen molar-refractivity contribution in [1.29, 1.82) is 0 Å². The first-order chi connectivity index (χ1) is 15.9. The van der Waals surface area contributed by atoms with Crippen LogP contribution in [0.4, 0.5) is 10.1 Å². The monoisotopic (exact) mass is 468 g/mol. The fourth-order valence-corrected chi connectivity index (χ4v) is 3.59. The number of carbonyl (C=O) groups is 1. The molecule has 0 aliphatic rings. The highest BCUT2D eigenvalue weighted by Gasteiger charge is 2.17. The third-order valence-corrected chi connectivity index (χ3v) is 5.21. The second kappa shape index (κ2) is 9.25. The van der Waals surface area contributed by atoms with E-state index in [4.69, 9.17) is 16.3 Å². The van der Waals surface area contributed by atoms with Crippen molar-refractivity contribution in [3.63, 3.8) is 0 Å². The number of nitrogens with zero attached hydrogens (tertiary/aromatic N) is 3. The van der Waals surface area contributed by atoms with Gasteiger partial charge >= 0.3 is 5.69 Å². The lowest BCUT2D eigenvalue weighted by Crippen LogP contribution is -2.42. The molecule has 2 aromatic carbocycles. The molecule has 0 bridgehead atoms. The lowest BCUT2D eigenvalue weighted by atomic mass is 10.2. The molecule has 4 rings (SSSR count). The van der Waals surface area contributed by atoms with E-state index in [0.717, 1.165) is 4.57 Å². The first kappa shape index (κ1) is 22.2. The van der Waals surface area contributed by atoms with E-state index in [1.165, 1.54) is 48.2 Å². The van der Waals surface area contributed by atoms with E-state index in [2.05, 4.69) is 10.3 Å². The van der Waals surface area contributed by atoms with Crippen LogP contribution in [0.2, 0.25) is 5.02 Å². The molecular weight excluding hydrogens is 451 g/mol. The summed E-state index contributed by atoms with van der Waals surface area (Å²) < 4.78 is 20.6. The standard InChI is InChI=1S/C23H18ClFN4O4/c1-33-19-9-6-15(24)11-17(19)27-20(30)13-28-18-3-2-10-26-21(18)22(31)29(23(28)32)12-14-4-7-16(25)8-5-14/h2-11H,12-13H2,1H3,(H,27,30). The van der Waals surface area contributed by atoms with Gasteiger partial charge in [-0.1, -0.05) is 23.7 Å². The number of benzene rings is 2. The highest BCUT2D eigenvalue weighted by atomic mass is 35.5. The first-order valence-corrected chi connectivity index (χ1v) is 10.2. The molecule has 0 unspecified atom stereocenters. The zero-order chi connectivity index (χ0) is 23.5. The summed E-state index contributed by atoms with van der Waals surface area (Å²) in [4.78, 5) is 43.1. The van der Waals surface area contributed by atoms with Gasteiger partial charge in [0.15, 0.2) is 5.52 Å². The SMILES string of the molecule is COc1ccc(Cl)cc1NC(=O)Cn1c(=O)n(Cc2ccc(F)cc2)c(=O)c2ncccc21. The van der Waals surface area contributed by atoms with E-state index < -0.39 is 23.0 Å². The molecule has 2 aromatic heterocycles. The summed E-state index contributed by atoms with van der Waals surface area (Å²) in [5.41, 5.74) is -0.162. The van der Waals surface area contributed by atoms with E-state index in [9.17, 15) is 18.8 Å². The van der Waals surface area contributed by atoms with Crippen molar-refractivity contribution in [3.05, 3.63) is 98.0 Å². The number of halogens is 2. The largest absolute Gasteiger partial charge is 0.495 e. The van der Waals surface area contributed by atoms with Crippen LogP contribution in [-0.4, -0.2) is 27.1 Å². The maximum atomic E-state index is 13.3. The Hall–Kier alpha value is -3.98. The molecule has 1 amide bonds. The van der Waals surface area contributed by atoms with E-state index in [1.807, 2.05) is 0 Å². The Labute approximate surface area is 191 Å². The van der Waals surface area contributed by atoms with Crippen molar-refractivity contribution < 1.29 is 13.9 Å². The topological polar surface area (TPSA) is 95.2 Å². The van der Waals surface area contributed by atoms with Crippen LogP contribution in [0.1, 0.15) is 5.56 Å². The molecule has 168 valence electrons. The zero-order valence-corrected chi connectivity index (χ0v) is 18.2. The summed E-state index contributed by atoms with van der Waals surface area (Å²) in [7, 11) is 1.45. The molecule has 8 nitrogen and oxygen atoms in total. The van der Waals surface area contributed by atoms with Gasteiger partial charge in [0.25, 0.3) is 5.56 Å². The van der Waals surface area contributed by atoms with Crippen LogP contribution in [0.25, 0.3) is 11.0 Å². The van der Waals surface area contributed by atoms with E-state index in [1.54, 1.807) is 24.3 Å². The van der Waals surface area contributed by atoms with Gasteiger partial charge in [-0.2, -0.15) is 0 Å². The van der Waals surface area contributed by atoms with Crippen molar-refractivity contribution in [2.75, 3.05) is 12.4 Å². The van der Waals surface area contributed by atoms with Gasteiger partial charge in [-0.15, -0.1) is 0 Å². The number of fused-ring (bicyclic) bond motifs is 1. The van der Waals surface area contributed by atoms with Gasteiger partial charge in [0.2, 0.25) is 5.91 Å². The number of methoxy groups -OCH3 is 1. The van der Waals surface area contributed by atoms with E-state index in [0.29, 0.717) is 22.0 Å². The Bertz CT molecular complexity index is 1460. The van der Waals surface area contributed by atoms with Crippen LogP contribution in [-0.2, 0) is 17.9 Å². The van der Waals surface area contributed by atoms with Gasteiger partial charge in [-0.25, -0.2) is 14.2 Å². The normalized spacial score (nSPS) is 10.9. The fraction of sp³-hybridized carbons (Fsp3) is 0.130. The third kappa shape index (κ3) is 4.63. The van der Waals surface area contributed by atoms with Gasteiger partial charge in [0, 0.05) is 11.2 Å². The number of hydrogen-bond acceptors (Lipinski definition) is 5. The predicted octanol–water partition coefficient (Wildman–Crippen LogP) is 3.05. The molecule has 33 heavy (non-hydrogen) atoms. The van der Waals surface area contributed by atoms with E-state index >= 15 is 0 Å². The number of aromatic nitrogens is 3. The Morgan fingerprint density at radius 3 is 2.61 bits per heavy atom. The summed E-state index contributed by atoms with van der Waals surface area (Å²) in [5.74, 6) is -0.570. The average molecular weight is 469 g/mol. The summed E-state index contributed by atoms with van der Waals surface area (Å²) in [6, 6.07) is 13.3. The third-order valence-electron chi connectivity index (χ3n) is 4.98. The quantitative estimate of drug-likeness (QED) is 0.469. The van der Waals surface area contributed by atoms with Crippen LogP contribution in [0.5, 0.6) is 5.75 Å². The summed E-state index contributed by atoms with van der Waals surface area (Å²) in [6.45, 7) is -0.491. The summed E-state index contributed by atoms with van der Waals surface area (Å²) >= 11 is 6.01. The maximum absolute atomic E-state index is 13.3. The molecule has 0 saturated heterocycles. The lowest BCUT2D eigenvalue weighted by molar-refractivity contribution is -0.116. The van der Waals surface area contributed by atoms with Crippen LogP contribution in [0.3, 0.4) is 0 Å². The lowest BCUT2D eigenvalue weighted by Gasteiger charge is -2.15. The molecule has 0 spiro atoms. The Morgan fingerprint density at radius 1 is 1.12 bits per heavy atom. The van der Waals surface area contributed by atoms with Crippen molar-refractivity contribution in [1.82, 2.24) is 14.1 Å². The van der Waals surface area contributed by atoms with Gasteiger partial charge in [0.1, 0.15) is 18.1 Å². The number of anilines is 1. The molecule has 0 fully saturated rings. The molecular formula is C23H18ClFN4O4. The molecule has 10 heteroatoms. The molecule has 0 atom stereocenters. The zero-order valence-electron chi connectivity index (χ0n) is 17.4. The summed E-state index contributed by atoms with van der Waals surface area (Å²) in [6.07, 6.45) is 1.43. The Balaban J connectivity index is 1.75. The summed E-state index contributed by atoms with van der Waals surface area (Å²) in [5, 5.41) is 3.07. The Morgan fingerprint density at radius 2 is 1.88 bits per heavy atom. The minimum atomic E-state index is -0.696. The number of amides is 1. The maximum Gasteiger partial charge on any atom is 0.332 e. The number of ether oxygens (including phenoxy) is 1. The van der Waals surface area contributed by atoms with Gasteiger partial charge in [0.05, 0.1) is 24.9 Å². The van der Waals surface area contributed by atoms with Gasteiger partial charge in [-0.05, 0) is 48.0 Å². The predicted molar refractivity (Wildman–Crippen MR) is 122 cm³/mol. The minimum Gasteiger partial charge on any atom is -0.495 e. The molecule has 0 radical (unpaired) electrons. The number of rotatable bonds is 6. The Kier molecular flexibility index (Phi) is 6.23. The molecule has 0 saturated carbocycles. The molecule has 4 aromatic rings. The fourth-order valence-electron chi connectivity index (χ4n) is 3.42. The number of nitrogens with one attached hydrogen (secondary N) is 1. The second-order valence-electron chi connectivity index (χ2n) is 7.15. The van der Waals surface area contributed by atoms with E-state index in [-0.39, 0.29) is 24.1 Å². The van der Waals surface area contributed by atoms with Crippen LogP contribution < -0.4 is 21.3 Å². The first-order valence-electron chi connectivity index (χ1n) is 9.83. The number of pyridine rings is 1. The van der Waals surface area contributed by atoms with Crippen LogP contribution in [0, 0.1) is 5.82 Å². The number of carbonyl (C=O) groups excluding carboxylic acids is 1. The van der Waals surface area contributed by atoms with Crippen molar-refractivity contribution in [3.8, 4) is 5.75 Å².